The van der Waals surface area contributed by atoms with E-state index in [1.54, 1.807) is 18.2 Å². The fraction of sp³-hybridized carbons (Fsp3) is 0.0909. The number of hydrogen-bond acceptors (Lipinski definition) is 4. The Labute approximate surface area is 177 Å². The van der Waals surface area contributed by atoms with Gasteiger partial charge >= 0.3 is 0 Å². The summed E-state index contributed by atoms with van der Waals surface area (Å²) in [6, 6.07) is 18.3. The van der Waals surface area contributed by atoms with Gasteiger partial charge in [-0.2, -0.15) is 0 Å². The molecule has 1 heterocycles. The number of carbonyl (C=O) groups is 1. The highest BCUT2D eigenvalue weighted by Crippen LogP contribution is 2.34. The first-order valence-corrected chi connectivity index (χ1v) is 9.57. The second-order valence-corrected chi connectivity index (χ2v) is 7.19. The Bertz CT molecular complexity index is 1170. The summed E-state index contributed by atoms with van der Waals surface area (Å²) in [6.07, 6.45) is 0.597. The van der Waals surface area contributed by atoms with Crippen molar-refractivity contribution in [3.8, 4) is 5.75 Å². The van der Waals surface area contributed by atoms with Crippen molar-refractivity contribution in [2.45, 2.75) is 6.42 Å². The van der Waals surface area contributed by atoms with Crippen LogP contribution in [0.3, 0.4) is 0 Å². The molecule has 0 spiro atoms. The molecular weight excluding hydrogens is 411 g/mol. The van der Waals surface area contributed by atoms with Gasteiger partial charge in [0, 0.05) is 17.7 Å². The summed E-state index contributed by atoms with van der Waals surface area (Å²) in [4.78, 5) is 17.1. The van der Waals surface area contributed by atoms with Gasteiger partial charge in [-0.15, -0.1) is 0 Å². The molecule has 0 unspecified atom stereocenters. The van der Waals surface area contributed by atoms with E-state index in [2.05, 4.69) is 10.3 Å². The number of halogens is 2. The Morgan fingerprint density at radius 2 is 1.79 bits per heavy atom. The van der Waals surface area contributed by atoms with E-state index in [9.17, 15) is 4.79 Å². The highest BCUT2D eigenvalue weighted by Gasteiger charge is 2.15. The molecule has 29 heavy (non-hydrogen) atoms. The molecular formula is C22H16Cl2N2O3. The first-order chi connectivity index (χ1) is 14.0. The van der Waals surface area contributed by atoms with Crippen molar-refractivity contribution in [2.75, 3.05) is 12.4 Å². The van der Waals surface area contributed by atoms with Gasteiger partial charge in [0.25, 0.3) is 5.91 Å². The van der Waals surface area contributed by atoms with Crippen LogP contribution in [-0.4, -0.2) is 18.0 Å². The van der Waals surface area contributed by atoms with Crippen LogP contribution in [-0.2, 0) is 6.42 Å². The summed E-state index contributed by atoms with van der Waals surface area (Å²) in [5, 5.41) is 3.36. The lowest BCUT2D eigenvalue weighted by Crippen LogP contribution is -2.12. The standard InChI is InChI=1S/C22H16Cl2N2O3/c1-28-21-16(23)10-14(11-17(21)24)22(27)25-15-7-8-19-18(12-15)26-20(29-19)9-13-5-3-2-4-6-13/h2-8,10-12H,9H2,1H3,(H,25,27). The lowest BCUT2D eigenvalue weighted by Gasteiger charge is -2.09. The summed E-state index contributed by atoms with van der Waals surface area (Å²) in [5.41, 5.74) is 3.35. The zero-order chi connectivity index (χ0) is 20.4. The van der Waals surface area contributed by atoms with E-state index in [0.29, 0.717) is 40.4 Å². The molecule has 4 aromatic rings. The molecule has 1 N–H and O–H groups in total. The van der Waals surface area contributed by atoms with Crippen LogP contribution in [0.4, 0.5) is 5.69 Å². The normalized spacial score (nSPS) is 10.9. The Hall–Kier alpha value is -3.02. The van der Waals surface area contributed by atoms with Crippen LogP contribution in [0.25, 0.3) is 11.1 Å². The second kappa shape index (κ2) is 8.15. The van der Waals surface area contributed by atoms with Gasteiger partial charge in [0.15, 0.2) is 17.2 Å². The molecule has 0 aliphatic heterocycles. The molecule has 5 nitrogen and oxygen atoms in total. The van der Waals surface area contributed by atoms with Crippen molar-refractivity contribution < 1.29 is 13.9 Å². The van der Waals surface area contributed by atoms with Crippen LogP contribution in [0.15, 0.2) is 65.1 Å². The van der Waals surface area contributed by atoms with Gasteiger partial charge in [0.1, 0.15) is 5.52 Å². The predicted octanol–water partition coefficient (Wildman–Crippen LogP) is 5.99. The first-order valence-electron chi connectivity index (χ1n) is 8.81. The fourth-order valence-electron chi connectivity index (χ4n) is 2.99. The summed E-state index contributed by atoms with van der Waals surface area (Å²) < 4.78 is 10.9. The maximum absolute atomic E-state index is 12.6. The Morgan fingerprint density at radius 3 is 2.48 bits per heavy atom. The van der Waals surface area contributed by atoms with Crippen molar-refractivity contribution in [1.29, 1.82) is 0 Å². The van der Waals surface area contributed by atoms with E-state index in [-0.39, 0.29) is 16.0 Å². The molecule has 0 atom stereocenters. The smallest absolute Gasteiger partial charge is 0.255 e. The molecule has 0 radical (unpaired) electrons. The maximum atomic E-state index is 12.6. The topological polar surface area (TPSA) is 64.4 Å². The van der Waals surface area contributed by atoms with E-state index in [0.717, 1.165) is 5.56 Å². The van der Waals surface area contributed by atoms with E-state index in [1.807, 2.05) is 30.3 Å². The Morgan fingerprint density at radius 1 is 1.07 bits per heavy atom. The number of fused-ring (bicyclic) bond motifs is 1. The second-order valence-electron chi connectivity index (χ2n) is 6.38. The number of rotatable bonds is 5. The average Bonchev–Trinajstić information content (AvgIpc) is 3.10. The number of carbonyl (C=O) groups excluding carboxylic acids is 1. The number of benzene rings is 3. The molecule has 7 heteroatoms. The average molecular weight is 427 g/mol. The van der Waals surface area contributed by atoms with Gasteiger partial charge in [0.2, 0.25) is 0 Å². The van der Waals surface area contributed by atoms with Gasteiger partial charge in [-0.1, -0.05) is 53.5 Å². The minimum atomic E-state index is -0.344. The summed E-state index contributed by atoms with van der Waals surface area (Å²) in [6.45, 7) is 0. The molecule has 4 rings (SSSR count). The third-order valence-electron chi connectivity index (χ3n) is 4.35. The van der Waals surface area contributed by atoms with E-state index in [1.165, 1.54) is 19.2 Å². The quantitative estimate of drug-likeness (QED) is 0.425. The van der Waals surface area contributed by atoms with E-state index >= 15 is 0 Å². The van der Waals surface area contributed by atoms with Crippen LogP contribution >= 0.6 is 23.2 Å². The van der Waals surface area contributed by atoms with Crippen molar-refractivity contribution in [1.82, 2.24) is 4.98 Å². The minimum Gasteiger partial charge on any atom is -0.494 e. The lowest BCUT2D eigenvalue weighted by molar-refractivity contribution is 0.102. The van der Waals surface area contributed by atoms with Gasteiger partial charge < -0.3 is 14.5 Å². The van der Waals surface area contributed by atoms with Crippen molar-refractivity contribution in [3.63, 3.8) is 0 Å². The Kier molecular flexibility index (Phi) is 5.43. The van der Waals surface area contributed by atoms with Crippen LogP contribution < -0.4 is 10.1 Å². The van der Waals surface area contributed by atoms with Gasteiger partial charge in [-0.05, 0) is 35.9 Å². The monoisotopic (exact) mass is 426 g/mol. The van der Waals surface area contributed by atoms with Crippen LogP contribution in [0.1, 0.15) is 21.8 Å². The number of oxazole rings is 1. The zero-order valence-corrected chi connectivity index (χ0v) is 16.9. The fourth-order valence-corrected chi connectivity index (χ4v) is 3.63. The highest BCUT2D eigenvalue weighted by molar-refractivity contribution is 6.37. The van der Waals surface area contributed by atoms with Crippen molar-refractivity contribution >= 4 is 45.9 Å². The zero-order valence-electron chi connectivity index (χ0n) is 15.4. The molecule has 3 aromatic carbocycles. The predicted molar refractivity (Wildman–Crippen MR) is 114 cm³/mol. The summed E-state index contributed by atoms with van der Waals surface area (Å²) in [5.74, 6) is 0.604. The van der Waals surface area contributed by atoms with Crippen LogP contribution in [0.2, 0.25) is 10.0 Å². The number of hydrogen-bond donors (Lipinski definition) is 1. The van der Waals surface area contributed by atoms with Crippen LogP contribution in [0.5, 0.6) is 5.75 Å². The molecule has 0 bridgehead atoms. The van der Waals surface area contributed by atoms with Crippen molar-refractivity contribution in [3.05, 3.63) is 87.7 Å². The Balaban J connectivity index is 1.54. The third kappa shape index (κ3) is 4.21. The molecule has 0 saturated heterocycles. The number of ether oxygens (including phenoxy) is 1. The van der Waals surface area contributed by atoms with E-state index in [4.69, 9.17) is 32.4 Å². The van der Waals surface area contributed by atoms with Crippen molar-refractivity contribution in [2.24, 2.45) is 0 Å². The SMILES string of the molecule is COc1c(Cl)cc(C(=O)Nc2ccc3oc(Cc4ccccc4)nc3c2)cc1Cl. The molecule has 1 amide bonds. The summed E-state index contributed by atoms with van der Waals surface area (Å²) in [7, 11) is 1.46. The number of aromatic nitrogens is 1. The van der Waals surface area contributed by atoms with Gasteiger partial charge in [0.05, 0.1) is 17.2 Å². The number of anilines is 1. The molecule has 1 aromatic heterocycles. The molecule has 0 aliphatic carbocycles. The van der Waals surface area contributed by atoms with Gasteiger partial charge in [-0.25, -0.2) is 4.98 Å². The molecule has 0 aliphatic rings. The first kappa shape index (κ1) is 19.3. The largest absolute Gasteiger partial charge is 0.494 e. The molecule has 0 fully saturated rings. The van der Waals surface area contributed by atoms with Crippen LogP contribution in [0, 0.1) is 0 Å². The molecule has 146 valence electrons. The number of methoxy groups -OCH3 is 1. The molecule has 0 saturated carbocycles. The number of nitrogens with zero attached hydrogens (tertiary/aromatic N) is 1. The third-order valence-corrected chi connectivity index (χ3v) is 4.91. The van der Waals surface area contributed by atoms with E-state index < -0.39 is 0 Å². The lowest BCUT2D eigenvalue weighted by atomic mass is 10.1. The summed E-state index contributed by atoms with van der Waals surface area (Å²) >= 11 is 12.2. The minimum absolute atomic E-state index is 0.266. The number of amides is 1. The highest BCUT2D eigenvalue weighted by atomic mass is 35.5. The van der Waals surface area contributed by atoms with Gasteiger partial charge in [-0.3, -0.25) is 4.79 Å². The number of nitrogens with one attached hydrogen (secondary N) is 1. The maximum Gasteiger partial charge on any atom is 0.255 e.